The Morgan fingerprint density at radius 1 is 1.35 bits per heavy atom. The van der Waals surface area contributed by atoms with Gasteiger partial charge in [0, 0.05) is 18.2 Å². The first kappa shape index (κ1) is 12.9. The van der Waals surface area contributed by atoms with Crippen LogP contribution in [-0.2, 0) is 0 Å². The molecule has 0 aromatic carbocycles. The fourth-order valence-corrected chi connectivity index (χ4v) is 2.41. The fourth-order valence-electron chi connectivity index (χ4n) is 2.10. The molecule has 0 spiro atoms. The first-order chi connectivity index (χ1) is 8.03. The lowest BCUT2D eigenvalue weighted by Crippen LogP contribution is -2.54. The number of aromatic nitrogens is 2. The van der Waals surface area contributed by atoms with Crippen LogP contribution in [-0.4, -0.2) is 41.3 Å². The Morgan fingerprint density at radius 3 is 2.59 bits per heavy atom. The Kier molecular flexibility index (Phi) is 3.76. The SMILES string of the molecule is CN(C)C1(CNc2cc(Cl)nnc2Cl)CCC1. The minimum absolute atomic E-state index is 0.235. The molecule has 1 aliphatic rings. The van der Waals surface area contributed by atoms with Crippen LogP contribution in [0.3, 0.4) is 0 Å². The number of hydrogen-bond acceptors (Lipinski definition) is 4. The average Bonchev–Trinajstić information content (AvgIpc) is 2.21. The van der Waals surface area contributed by atoms with Gasteiger partial charge in [-0.25, -0.2) is 0 Å². The minimum Gasteiger partial charge on any atom is -0.381 e. The summed E-state index contributed by atoms with van der Waals surface area (Å²) in [5, 5.41) is 11.5. The van der Waals surface area contributed by atoms with E-state index in [0.717, 1.165) is 12.2 Å². The van der Waals surface area contributed by atoms with E-state index in [4.69, 9.17) is 23.2 Å². The van der Waals surface area contributed by atoms with Crippen molar-refractivity contribution in [3.63, 3.8) is 0 Å². The quantitative estimate of drug-likeness (QED) is 0.917. The molecule has 0 radical (unpaired) electrons. The number of halogens is 2. The first-order valence-electron chi connectivity index (χ1n) is 5.63. The van der Waals surface area contributed by atoms with Gasteiger partial charge in [0.2, 0.25) is 0 Å². The Labute approximate surface area is 111 Å². The number of likely N-dealkylation sites (N-methyl/N-ethyl adjacent to an activating group) is 1. The Balaban J connectivity index is 2.04. The molecule has 1 heterocycles. The smallest absolute Gasteiger partial charge is 0.174 e. The van der Waals surface area contributed by atoms with Crippen molar-refractivity contribution < 1.29 is 0 Å². The molecule has 1 aromatic heterocycles. The van der Waals surface area contributed by atoms with Crippen LogP contribution in [0.25, 0.3) is 0 Å². The molecular weight excluding hydrogens is 259 g/mol. The predicted molar refractivity (Wildman–Crippen MR) is 70.8 cm³/mol. The Hall–Kier alpha value is -0.580. The second-order valence-electron chi connectivity index (χ2n) is 4.70. The van der Waals surface area contributed by atoms with Crippen LogP contribution < -0.4 is 5.32 Å². The average molecular weight is 275 g/mol. The monoisotopic (exact) mass is 274 g/mol. The molecule has 4 nitrogen and oxygen atoms in total. The first-order valence-corrected chi connectivity index (χ1v) is 6.39. The van der Waals surface area contributed by atoms with Gasteiger partial charge >= 0.3 is 0 Å². The van der Waals surface area contributed by atoms with Gasteiger partial charge < -0.3 is 10.2 Å². The Bertz CT molecular complexity index is 404. The molecule has 0 unspecified atom stereocenters. The summed E-state index contributed by atoms with van der Waals surface area (Å²) in [7, 11) is 4.22. The maximum Gasteiger partial charge on any atom is 0.174 e. The van der Waals surface area contributed by atoms with Gasteiger partial charge in [-0.15, -0.1) is 10.2 Å². The molecule has 2 rings (SSSR count). The zero-order valence-electron chi connectivity index (χ0n) is 10.0. The van der Waals surface area contributed by atoms with Crippen molar-refractivity contribution in [2.24, 2.45) is 0 Å². The van der Waals surface area contributed by atoms with E-state index in [9.17, 15) is 0 Å². The van der Waals surface area contributed by atoms with Crippen molar-refractivity contribution in [1.29, 1.82) is 0 Å². The number of hydrogen-bond donors (Lipinski definition) is 1. The van der Waals surface area contributed by atoms with E-state index in [2.05, 4.69) is 34.5 Å². The topological polar surface area (TPSA) is 41.0 Å². The van der Waals surface area contributed by atoms with Crippen LogP contribution in [0.15, 0.2) is 6.07 Å². The van der Waals surface area contributed by atoms with Crippen molar-refractivity contribution in [3.8, 4) is 0 Å². The summed E-state index contributed by atoms with van der Waals surface area (Å²) in [5.74, 6) is 0. The van der Waals surface area contributed by atoms with Gasteiger partial charge in [-0.1, -0.05) is 23.2 Å². The molecular formula is C11H16Cl2N4. The number of nitrogens with one attached hydrogen (secondary N) is 1. The molecule has 0 amide bonds. The van der Waals surface area contributed by atoms with E-state index in [0.29, 0.717) is 10.3 Å². The lowest BCUT2D eigenvalue weighted by atomic mass is 9.75. The zero-order valence-corrected chi connectivity index (χ0v) is 11.5. The second kappa shape index (κ2) is 4.96. The van der Waals surface area contributed by atoms with Gasteiger partial charge in [-0.05, 0) is 33.4 Å². The summed E-state index contributed by atoms with van der Waals surface area (Å²) in [6, 6.07) is 1.71. The highest BCUT2D eigenvalue weighted by atomic mass is 35.5. The van der Waals surface area contributed by atoms with Crippen LogP contribution in [0.4, 0.5) is 5.69 Å². The molecule has 17 heavy (non-hydrogen) atoms. The van der Waals surface area contributed by atoms with Gasteiger partial charge in [0.05, 0.1) is 5.69 Å². The van der Waals surface area contributed by atoms with Crippen LogP contribution >= 0.6 is 23.2 Å². The standard InChI is InChI=1S/C11H16Cl2N4/c1-17(2)11(4-3-5-11)7-14-8-6-9(12)15-16-10(8)13/h6H,3-5,7H2,1-2H3,(H,14,15). The van der Waals surface area contributed by atoms with E-state index in [-0.39, 0.29) is 5.54 Å². The lowest BCUT2D eigenvalue weighted by Gasteiger charge is -2.47. The maximum absolute atomic E-state index is 5.96. The molecule has 1 N–H and O–H groups in total. The summed E-state index contributed by atoms with van der Waals surface area (Å²) >= 11 is 11.8. The largest absolute Gasteiger partial charge is 0.381 e. The van der Waals surface area contributed by atoms with Gasteiger partial charge in [0.1, 0.15) is 0 Å². The highest BCUT2D eigenvalue weighted by Crippen LogP contribution is 2.36. The fraction of sp³-hybridized carbons (Fsp3) is 0.636. The van der Waals surface area contributed by atoms with Gasteiger partial charge in [-0.2, -0.15) is 0 Å². The molecule has 0 aliphatic heterocycles. The molecule has 1 fully saturated rings. The van der Waals surface area contributed by atoms with Crippen LogP contribution in [0.5, 0.6) is 0 Å². The number of rotatable bonds is 4. The summed E-state index contributed by atoms with van der Waals surface area (Å²) in [5.41, 5.74) is 0.985. The van der Waals surface area contributed by atoms with Crippen LogP contribution in [0.1, 0.15) is 19.3 Å². The van der Waals surface area contributed by atoms with Gasteiger partial charge in [0.25, 0.3) is 0 Å². The minimum atomic E-state index is 0.235. The zero-order chi connectivity index (χ0) is 12.5. The van der Waals surface area contributed by atoms with Crippen molar-refractivity contribution in [2.75, 3.05) is 26.0 Å². The molecule has 6 heteroatoms. The summed E-state index contributed by atoms with van der Waals surface area (Å²) in [6.07, 6.45) is 3.69. The van der Waals surface area contributed by atoms with Gasteiger partial charge in [0.15, 0.2) is 10.3 Å². The molecule has 94 valence electrons. The Morgan fingerprint density at radius 2 is 2.06 bits per heavy atom. The lowest BCUT2D eigenvalue weighted by molar-refractivity contribution is 0.0739. The van der Waals surface area contributed by atoms with Crippen molar-refractivity contribution >= 4 is 28.9 Å². The van der Waals surface area contributed by atoms with E-state index in [1.807, 2.05) is 0 Å². The third kappa shape index (κ3) is 2.64. The van der Waals surface area contributed by atoms with Gasteiger partial charge in [-0.3, -0.25) is 0 Å². The third-order valence-corrected chi connectivity index (χ3v) is 4.02. The molecule has 0 saturated heterocycles. The maximum atomic E-state index is 5.96. The number of nitrogens with zero attached hydrogens (tertiary/aromatic N) is 3. The predicted octanol–water partition coefficient (Wildman–Crippen LogP) is 2.68. The number of anilines is 1. The summed E-state index contributed by atoms with van der Waals surface area (Å²) < 4.78 is 0. The molecule has 1 aromatic rings. The normalized spacial score (nSPS) is 17.9. The third-order valence-electron chi connectivity index (χ3n) is 3.56. The molecule has 0 atom stereocenters. The van der Waals surface area contributed by atoms with Crippen molar-refractivity contribution in [2.45, 2.75) is 24.8 Å². The van der Waals surface area contributed by atoms with Crippen LogP contribution in [0.2, 0.25) is 10.3 Å². The van der Waals surface area contributed by atoms with E-state index < -0.39 is 0 Å². The van der Waals surface area contributed by atoms with E-state index in [1.54, 1.807) is 6.07 Å². The highest BCUT2D eigenvalue weighted by Gasteiger charge is 2.38. The van der Waals surface area contributed by atoms with E-state index in [1.165, 1.54) is 19.3 Å². The van der Waals surface area contributed by atoms with Crippen molar-refractivity contribution in [1.82, 2.24) is 15.1 Å². The molecule has 1 saturated carbocycles. The highest BCUT2D eigenvalue weighted by molar-refractivity contribution is 6.33. The summed E-state index contributed by atoms with van der Waals surface area (Å²) in [6.45, 7) is 0.849. The summed E-state index contributed by atoms with van der Waals surface area (Å²) in [4.78, 5) is 2.27. The second-order valence-corrected chi connectivity index (χ2v) is 5.44. The molecule has 1 aliphatic carbocycles. The molecule has 0 bridgehead atoms. The van der Waals surface area contributed by atoms with Crippen LogP contribution in [0, 0.1) is 0 Å². The van der Waals surface area contributed by atoms with Crippen molar-refractivity contribution in [3.05, 3.63) is 16.4 Å². The van der Waals surface area contributed by atoms with E-state index >= 15 is 0 Å².